The van der Waals surface area contributed by atoms with E-state index >= 15 is 0 Å². The maximum absolute atomic E-state index is 12.0. The molecule has 2 aromatic rings. The zero-order chi connectivity index (χ0) is 18.2. The highest BCUT2D eigenvalue weighted by molar-refractivity contribution is 5.93. The second-order valence-corrected chi connectivity index (χ2v) is 6.08. The largest absolute Gasteiger partial charge is 0.326 e. The van der Waals surface area contributed by atoms with Crippen molar-refractivity contribution >= 4 is 23.2 Å². The summed E-state index contributed by atoms with van der Waals surface area (Å²) in [6.07, 6.45) is 0.970. The molecule has 2 N–H and O–H groups in total. The average molecular weight is 335 g/mol. The van der Waals surface area contributed by atoms with Crippen LogP contribution in [0.1, 0.15) is 31.4 Å². The van der Waals surface area contributed by atoms with E-state index in [1.807, 2.05) is 26.0 Å². The molecule has 128 valence electrons. The van der Waals surface area contributed by atoms with Crippen molar-refractivity contribution in [3.8, 4) is 6.07 Å². The second kappa shape index (κ2) is 8.65. The molecule has 0 spiro atoms. The fraction of sp³-hybridized carbons (Fsp3) is 0.250. The van der Waals surface area contributed by atoms with E-state index in [2.05, 4.69) is 16.7 Å². The van der Waals surface area contributed by atoms with Gasteiger partial charge in [-0.25, -0.2) is 0 Å². The van der Waals surface area contributed by atoms with Gasteiger partial charge in [0.15, 0.2) is 0 Å². The molecule has 0 radical (unpaired) electrons. The van der Waals surface area contributed by atoms with Gasteiger partial charge in [0, 0.05) is 23.7 Å². The molecule has 5 nitrogen and oxygen atoms in total. The summed E-state index contributed by atoms with van der Waals surface area (Å²) in [4.78, 5) is 23.7. The van der Waals surface area contributed by atoms with Crippen LogP contribution in [-0.2, 0) is 16.0 Å². The average Bonchev–Trinajstić information content (AvgIpc) is 2.62. The summed E-state index contributed by atoms with van der Waals surface area (Å²) < 4.78 is 0. The number of hydrogen-bond acceptors (Lipinski definition) is 3. The zero-order valence-corrected chi connectivity index (χ0v) is 14.4. The topological polar surface area (TPSA) is 82.0 Å². The molecule has 2 amide bonds. The number of aryl methyl sites for hydroxylation is 1. The van der Waals surface area contributed by atoms with E-state index in [-0.39, 0.29) is 17.7 Å². The fourth-order valence-corrected chi connectivity index (χ4v) is 2.15. The molecule has 0 aliphatic carbocycles. The van der Waals surface area contributed by atoms with Gasteiger partial charge in [0.25, 0.3) is 0 Å². The van der Waals surface area contributed by atoms with E-state index in [4.69, 9.17) is 5.26 Å². The van der Waals surface area contributed by atoms with Gasteiger partial charge < -0.3 is 10.6 Å². The molecule has 0 bridgehead atoms. The third-order valence-corrected chi connectivity index (χ3v) is 3.68. The van der Waals surface area contributed by atoms with Crippen LogP contribution in [0.5, 0.6) is 0 Å². The third-order valence-electron chi connectivity index (χ3n) is 3.68. The Morgan fingerprint density at radius 3 is 2.04 bits per heavy atom. The minimum atomic E-state index is -0.0818. The summed E-state index contributed by atoms with van der Waals surface area (Å²) in [6.45, 7) is 3.66. The lowest BCUT2D eigenvalue weighted by molar-refractivity contribution is -0.119. The number of amides is 2. The normalized spacial score (nSPS) is 10.2. The molecule has 25 heavy (non-hydrogen) atoms. The lowest BCUT2D eigenvalue weighted by Gasteiger charge is -2.09. The Morgan fingerprint density at radius 1 is 0.960 bits per heavy atom. The molecule has 2 rings (SSSR count). The van der Waals surface area contributed by atoms with E-state index < -0.39 is 0 Å². The molecular weight excluding hydrogens is 314 g/mol. The molecule has 0 fully saturated rings. The first kappa shape index (κ1) is 18.2. The van der Waals surface area contributed by atoms with Gasteiger partial charge in [-0.2, -0.15) is 5.26 Å². The van der Waals surface area contributed by atoms with Crippen LogP contribution >= 0.6 is 0 Å². The SMILES string of the molecule is CC(C)C(=O)Nc1ccc(NC(=O)CCc2ccc(C#N)cc2)cc1. The van der Waals surface area contributed by atoms with Gasteiger partial charge in [-0.1, -0.05) is 26.0 Å². The predicted molar refractivity (Wildman–Crippen MR) is 98.0 cm³/mol. The zero-order valence-electron chi connectivity index (χ0n) is 14.4. The van der Waals surface area contributed by atoms with Crippen LogP contribution in [0.4, 0.5) is 11.4 Å². The molecule has 0 aliphatic rings. The van der Waals surface area contributed by atoms with Crippen molar-refractivity contribution < 1.29 is 9.59 Å². The molecule has 0 aliphatic heterocycles. The van der Waals surface area contributed by atoms with Crippen molar-refractivity contribution in [1.82, 2.24) is 0 Å². The van der Waals surface area contributed by atoms with Gasteiger partial charge in [-0.15, -0.1) is 0 Å². The van der Waals surface area contributed by atoms with Crippen molar-refractivity contribution in [3.05, 3.63) is 59.7 Å². The maximum atomic E-state index is 12.0. The minimum absolute atomic E-state index is 0.0424. The Kier molecular flexibility index (Phi) is 6.30. The summed E-state index contributed by atoms with van der Waals surface area (Å²) >= 11 is 0. The van der Waals surface area contributed by atoms with Crippen LogP contribution in [0.15, 0.2) is 48.5 Å². The first-order valence-corrected chi connectivity index (χ1v) is 8.18. The predicted octanol–water partition coefficient (Wildman–Crippen LogP) is 3.72. The third kappa shape index (κ3) is 5.78. The second-order valence-electron chi connectivity index (χ2n) is 6.08. The number of anilines is 2. The van der Waals surface area contributed by atoms with Crippen molar-refractivity contribution in [1.29, 1.82) is 5.26 Å². The van der Waals surface area contributed by atoms with Gasteiger partial charge in [-0.3, -0.25) is 9.59 Å². The Labute approximate surface area is 147 Å². The number of carbonyl (C=O) groups excluding carboxylic acids is 2. The molecule has 0 saturated carbocycles. The van der Waals surface area contributed by atoms with Gasteiger partial charge in [-0.05, 0) is 48.4 Å². The van der Waals surface area contributed by atoms with Crippen LogP contribution in [0.2, 0.25) is 0 Å². The summed E-state index contributed by atoms with van der Waals surface area (Å²) in [5, 5.41) is 14.4. The molecule has 0 saturated heterocycles. The first-order chi connectivity index (χ1) is 12.0. The molecule has 2 aromatic carbocycles. The van der Waals surface area contributed by atoms with Crippen LogP contribution < -0.4 is 10.6 Å². The molecule has 5 heteroatoms. The Hall–Kier alpha value is -3.13. The molecular formula is C20H21N3O2. The van der Waals surface area contributed by atoms with E-state index in [9.17, 15) is 9.59 Å². The van der Waals surface area contributed by atoms with Crippen molar-refractivity contribution in [3.63, 3.8) is 0 Å². The van der Waals surface area contributed by atoms with Crippen LogP contribution in [0, 0.1) is 17.2 Å². The Balaban J connectivity index is 1.83. The highest BCUT2D eigenvalue weighted by Crippen LogP contribution is 2.15. The van der Waals surface area contributed by atoms with Crippen molar-refractivity contribution in [2.45, 2.75) is 26.7 Å². The molecule has 0 aromatic heterocycles. The van der Waals surface area contributed by atoms with Crippen LogP contribution in [0.3, 0.4) is 0 Å². The number of rotatable bonds is 6. The monoisotopic (exact) mass is 335 g/mol. The highest BCUT2D eigenvalue weighted by Gasteiger charge is 2.07. The van der Waals surface area contributed by atoms with Gasteiger partial charge in [0.2, 0.25) is 11.8 Å². The van der Waals surface area contributed by atoms with Crippen molar-refractivity contribution in [2.75, 3.05) is 10.6 Å². The number of nitrogens with one attached hydrogen (secondary N) is 2. The molecule has 0 heterocycles. The van der Waals surface area contributed by atoms with Crippen LogP contribution in [-0.4, -0.2) is 11.8 Å². The minimum Gasteiger partial charge on any atom is -0.326 e. The Bertz CT molecular complexity index is 772. The fourth-order valence-electron chi connectivity index (χ4n) is 2.15. The van der Waals surface area contributed by atoms with Gasteiger partial charge >= 0.3 is 0 Å². The standard InChI is InChI=1S/C20H21N3O2/c1-14(2)20(25)23-18-10-8-17(9-11-18)22-19(24)12-7-15-3-5-16(13-21)6-4-15/h3-6,8-11,14H,7,12H2,1-2H3,(H,22,24)(H,23,25). The quantitative estimate of drug-likeness (QED) is 0.844. The van der Waals surface area contributed by atoms with E-state index in [1.54, 1.807) is 36.4 Å². The lowest BCUT2D eigenvalue weighted by atomic mass is 10.1. The summed E-state index contributed by atoms with van der Waals surface area (Å²) in [5.41, 5.74) is 3.01. The number of nitriles is 1. The Morgan fingerprint density at radius 2 is 1.52 bits per heavy atom. The first-order valence-electron chi connectivity index (χ1n) is 8.18. The van der Waals surface area contributed by atoms with E-state index in [0.717, 1.165) is 5.56 Å². The van der Waals surface area contributed by atoms with E-state index in [0.29, 0.717) is 29.8 Å². The van der Waals surface area contributed by atoms with Crippen molar-refractivity contribution in [2.24, 2.45) is 5.92 Å². The highest BCUT2D eigenvalue weighted by atomic mass is 16.2. The van der Waals surface area contributed by atoms with Gasteiger partial charge in [0.05, 0.1) is 11.6 Å². The van der Waals surface area contributed by atoms with Crippen LogP contribution in [0.25, 0.3) is 0 Å². The smallest absolute Gasteiger partial charge is 0.226 e. The van der Waals surface area contributed by atoms with E-state index in [1.165, 1.54) is 0 Å². The number of hydrogen-bond donors (Lipinski definition) is 2. The summed E-state index contributed by atoms with van der Waals surface area (Å²) in [5.74, 6) is -0.205. The lowest BCUT2D eigenvalue weighted by Crippen LogP contribution is -2.17. The number of nitrogens with zero attached hydrogens (tertiary/aromatic N) is 1. The summed E-state index contributed by atoms with van der Waals surface area (Å²) in [6, 6.07) is 16.3. The summed E-state index contributed by atoms with van der Waals surface area (Å²) in [7, 11) is 0. The maximum Gasteiger partial charge on any atom is 0.226 e. The number of carbonyl (C=O) groups is 2. The molecule has 0 unspecified atom stereocenters. The molecule has 0 atom stereocenters. The number of benzene rings is 2. The van der Waals surface area contributed by atoms with Gasteiger partial charge in [0.1, 0.15) is 0 Å².